The number of pyridine rings is 1. The molecule has 0 saturated carbocycles. The van der Waals surface area contributed by atoms with Gasteiger partial charge in [0.15, 0.2) is 0 Å². The number of nitro groups is 1. The van der Waals surface area contributed by atoms with E-state index < -0.39 is 16.9 Å². The van der Waals surface area contributed by atoms with E-state index in [0.717, 1.165) is 5.56 Å². The highest BCUT2D eigenvalue weighted by Gasteiger charge is 2.39. The zero-order valence-electron chi connectivity index (χ0n) is 14.9. The van der Waals surface area contributed by atoms with Gasteiger partial charge >= 0.3 is 0 Å². The molecule has 1 aromatic heterocycles. The number of benzene rings is 1. The molecule has 3 rings (SSSR count). The van der Waals surface area contributed by atoms with Crippen molar-refractivity contribution in [1.29, 1.82) is 0 Å². The quantitative estimate of drug-likeness (QED) is 0.467. The van der Waals surface area contributed by atoms with Crippen molar-refractivity contribution in [2.24, 2.45) is 0 Å². The Labute approximate surface area is 155 Å². The molecule has 1 saturated heterocycles. The molecule has 1 aliphatic heterocycles. The largest absolute Gasteiger partial charge is 0.328 e. The third-order valence-corrected chi connectivity index (χ3v) is 4.54. The molecule has 8 heteroatoms. The van der Waals surface area contributed by atoms with Crippen LogP contribution in [0.25, 0.3) is 6.08 Å². The molecule has 0 N–H and O–H groups in total. The van der Waals surface area contributed by atoms with E-state index in [-0.39, 0.29) is 23.0 Å². The summed E-state index contributed by atoms with van der Waals surface area (Å²) in [5, 5.41) is 11.2. The number of rotatable bonds is 4. The molecule has 1 atom stereocenters. The van der Waals surface area contributed by atoms with Gasteiger partial charge in [-0.3, -0.25) is 19.7 Å². The first kappa shape index (κ1) is 18.2. The molecule has 138 valence electrons. The Morgan fingerprint density at radius 3 is 2.52 bits per heavy atom. The monoisotopic (exact) mass is 366 g/mol. The Kier molecular flexibility index (Phi) is 4.98. The highest BCUT2D eigenvalue weighted by Crippen LogP contribution is 2.25. The van der Waals surface area contributed by atoms with E-state index in [4.69, 9.17) is 0 Å². The maximum Gasteiger partial charge on any atom is 0.294 e. The second-order valence-electron chi connectivity index (χ2n) is 6.21. The third kappa shape index (κ3) is 3.55. The van der Waals surface area contributed by atoms with Gasteiger partial charge in [0.1, 0.15) is 17.4 Å². The van der Waals surface area contributed by atoms with Gasteiger partial charge in [0.05, 0.1) is 4.92 Å². The smallest absolute Gasteiger partial charge is 0.294 e. The highest BCUT2D eigenvalue weighted by atomic mass is 16.6. The molecular formula is C19H18N4O4. The van der Waals surface area contributed by atoms with Crippen LogP contribution in [0.15, 0.2) is 54.4 Å². The van der Waals surface area contributed by atoms with Gasteiger partial charge in [-0.15, -0.1) is 0 Å². The summed E-state index contributed by atoms with van der Waals surface area (Å²) in [7, 11) is 3.05. The summed E-state index contributed by atoms with van der Waals surface area (Å²) >= 11 is 0. The van der Waals surface area contributed by atoms with E-state index in [2.05, 4.69) is 4.98 Å². The zero-order chi connectivity index (χ0) is 19.6. The van der Waals surface area contributed by atoms with Gasteiger partial charge in [-0.25, -0.2) is 4.98 Å². The molecule has 0 spiro atoms. The molecule has 8 nitrogen and oxygen atoms in total. The standard InChI is InChI=1S/C19H18N4O4/c1-21-16(11-13-7-4-3-5-8-13)18(24)22(2)17(19(21)25)12-14-15(23(26)27)9-6-10-20-14/h3-10,12,16H,11H2,1-2H3. The zero-order valence-corrected chi connectivity index (χ0v) is 14.9. The number of piperazine rings is 1. The third-order valence-electron chi connectivity index (χ3n) is 4.54. The van der Waals surface area contributed by atoms with Gasteiger partial charge in [-0.1, -0.05) is 30.3 Å². The lowest BCUT2D eigenvalue weighted by atomic mass is 10.0. The summed E-state index contributed by atoms with van der Waals surface area (Å²) in [6.45, 7) is 0. The van der Waals surface area contributed by atoms with Crippen LogP contribution in [0.5, 0.6) is 0 Å². The van der Waals surface area contributed by atoms with Gasteiger partial charge in [0.2, 0.25) is 5.91 Å². The van der Waals surface area contributed by atoms with Gasteiger partial charge in [-0.2, -0.15) is 0 Å². The first-order valence-electron chi connectivity index (χ1n) is 8.30. The second-order valence-corrected chi connectivity index (χ2v) is 6.21. The normalized spacial score (nSPS) is 18.9. The van der Waals surface area contributed by atoms with Crippen LogP contribution in [0, 0.1) is 10.1 Å². The van der Waals surface area contributed by atoms with Gasteiger partial charge in [0.25, 0.3) is 11.6 Å². The number of likely N-dealkylation sites (N-methyl/N-ethyl adjacent to an activating group) is 2. The van der Waals surface area contributed by atoms with Crippen LogP contribution >= 0.6 is 0 Å². The van der Waals surface area contributed by atoms with Gasteiger partial charge in [0, 0.05) is 38.9 Å². The summed E-state index contributed by atoms with van der Waals surface area (Å²) in [5.41, 5.74) is 0.790. The van der Waals surface area contributed by atoms with E-state index in [1.807, 2.05) is 30.3 Å². The molecule has 0 bridgehead atoms. The van der Waals surface area contributed by atoms with Gasteiger partial charge < -0.3 is 9.80 Å². The Morgan fingerprint density at radius 2 is 1.85 bits per heavy atom. The lowest BCUT2D eigenvalue weighted by Gasteiger charge is -2.38. The maximum absolute atomic E-state index is 12.8. The molecule has 1 unspecified atom stereocenters. The minimum Gasteiger partial charge on any atom is -0.328 e. The Morgan fingerprint density at radius 1 is 1.15 bits per heavy atom. The van der Waals surface area contributed by atoms with Gasteiger partial charge in [-0.05, 0) is 11.6 Å². The van der Waals surface area contributed by atoms with E-state index in [9.17, 15) is 19.7 Å². The fourth-order valence-electron chi connectivity index (χ4n) is 3.00. The van der Waals surface area contributed by atoms with Crippen LogP contribution < -0.4 is 0 Å². The average molecular weight is 366 g/mol. The van der Waals surface area contributed by atoms with Crippen molar-refractivity contribution in [3.63, 3.8) is 0 Å². The first-order chi connectivity index (χ1) is 12.9. The molecule has 2 aromatic rings. The van der Waals surface area contributed by atoms with E-state index >= 15 is 0 Å². The van der Waals surface area contributed by atoms with E-state index in [0.29, 0.717) is 6.42 Å². The molecule has 1 fully saturated rings. The average Bonchev–Trinajstić information content (AvgIpc) is 2.68. The predicted octanol–water partition coefficient (Wildman–Crippen LogP) is 1.87. The number of carbonyl (C=O) groups excluding carboxylic acids is 2. The lowest BCUT2D eigenvalue weighted by molar-refractivity contribution is -0.385. The van der Waals surface area contributed by atoms with Crippen molar-refractivity contribution in [1.82, 2.24) is 14.8 Å². The fourth-order valence-corrected chi connectivity index (χ4v) is 3.00. The molecule has 0 radical (unpaired) electrons. The summed E-state index contributed by atoms with van der Waals surface area (Å²) in [5.74, 6) is -0.649. The number of hydrogen-bond acceptors (Lipinski definition) is 5. The van der Waals surface area contributed by atoms with Crippen molar-refractivity contribution in [3.05, 3.63) is 75.7 Å². The van der Waals surface area contributed by atoms with Crippen molar-refractivity contribution < 1.29 is 14.5 Å². The SMILES string of the molecule is CN1C(=O)C(Cc2ccccc2)N(C)C(=O)C1=Cc1ncccc1[N+](=O)[O-]. The van der Waals surface area contributed by atoms with Crippen LogP contribution in [-0.2, 0) is 16.0 Å². The summed E-state index contributed by atoms with van der Waals surface area (Å²) in [6, 6.07) is 11.5. The van der Waals surface area contributed by atoms with Crippen molar-refractivity contribution >= 4 is 23.6 Å². The Balaban J connectivity index is 1.94. The van der Waals surface area contributed by atoms with Crippen LogP contribution in [-0.4, -0.2) is 51.7 Å². The number of amides is 2. The van der Waals surface area contributed by atoms with Crippen molar-refractivity contribution in [3.8, 4) is 0 Å². The number of carbonyl (C=O) groups is 2. The molecule has 2 amide bonds. The van der Waals surface area contributed by atoms with Crippen LogP contribution in [0.4, 0.5) is 5.69 Å². The summed E-state index contributed by atoms with van der Waals surface area (Å²) in [6.07, 6.45) is 3.08. The van der Waals surface area contributed by atoms with Crippen LogP contribution in [0.3, 0.4) is 0 Å². The molecule has 27 heavy (non-hydrogen) atoms. The molecule has 0 aliphatic carbocycles. The second kappa shape index (κ2) is 7.36. The minimum absolute atomic E-state index is 0.0282. The number of aromatic nitrogens is 1. The van der Waals surface area contributed by atoms with Crippen LogP contribution in [0.1, 0.15) is 11.3 Å². The fraction of sp³-hybridized carbons (Fsp3) is 0.211. The molecule has 1 aromatic carbocycles. The Bertz CT molecular complexity index is 926. The Hall–Kier alpha value is -3.55. The summed E-state index contributed by atoms with van der Waals surface area (Å²) < 4.78 is 0. The van der Waals surface area contributed by atoms with Crippen molar-refractivity contribution in [2.45, 2.75) is 12.5 Å². The van der Waals surface area contributed by atoms with E-state index in [1.165, 1.54) is 41.3 Å². The van der Waals surface area contributed by atoms with Crippen LogP contribution in [0.2, 0.25) is 0 Å². The van der Waals surface area contributed by atoms with E-state index in [1.54, 1.807) is 7.05 Å². The minimum atomic E-state index is -0.638. The predicted molar refractivity (Wildman–Crippen MR) is 98.3 cm³/mol. The topological polar surface area (TPSA) is 96.7 Å². The number of nitrogens with zero attached hydrogens (tertiary/aromatic N) is 4. The molecule has 1 aliphatic rings. The first-order valence-corrected chi connectivity index (χ1v) is 8.30. The van der Waals surface area contributed by atoms with Crippen molar-refractivity contribution in [2.75, 3.05) is 14.1 Å². The molecular weight excluding hydrogens is 348 g/mol. The number of hydrogen-bond donors (Lipinski definition) is 0. The summed E-state index contributed by atoms with van der Waals surface area (Å²) in [4.78, 5) is 42.9. The lowest BCUT2D eigenvalue weighted by Crippen LogP contribution is -2.56. The molecule has 2 heterocycles. The maximum atomic E-state index is 12.8. The highest BCUT2D eigenvalue weighted by molar-refractivity contribution is 6.07.